The number of hydrogen-bond acceptors (Lipinski definition) is 2. The van der Waals surface area contributed by atoms with E-state index in [1.807, 2.05) is 7.05 Å². The molecule has 0 aliphatic heterocycles. The molecule has 1 aromatic carbocycles. The van der Waals surface area contributed by atoms with E-state index in [2.05, 4.69) is 10.6 Å². The highest BCUT2D eigenvalue weighted by molar-refractivity contribution is 5.19. The molecule has 0 atom stereocenters. The zero-order chi connectivity index (χ0) is 10.4. The molecule has 0 fully saturated rings. The van der Waals surface area contributed by atoms with E-state index in [1.165, 1.54) is 18.2 Å². The van der Waals surface area contributed by atoms with Crippen LogP contribution in [0.5, 0.6) is 0 Å². The van der Waals surface area contributed by atoms with E-state index in [-0.39, 0.29) is 12.1 Å². The van der Waals surface area contributed by atoms with Crippen LogP contribution < -0.4 is 10.6 Å². The average Bonchev–Trinajstić information content (AvgIpc) is 2.16. The number of hydrogen-bond donors (Lipinski definition) is 2. The molecule has 0 heterocycles. The van der Waals surface area contributed by atoms with Gasteiger partial charge in [-0.3, -0.25) is 0 Å². The van der Waals surface area contributed by atoms with Crippen molar-refractivity contribution < 1.29 is 8.78 Å². The first kappa shape index (κ1) is 11.1. The molecule has 0 aliphatic carbocycles. The quantitative estimate of drug-likeness (QED) is 0.699. The van der Waals surface area contributed by atoms with E-state index >= 15 is 0 Å². The van der Waals surface area contributed by atoms with E-state index in [1.54, 1.807) is 0 Å². The third kappa shape index (κ3) is 3.05. The van der Waals surface area contributed by atoms with Gasteiger partial charge >= 0.3 is 0 Å². The molecule has 0 spiro atoms. The van der Waals surface area contributed by atoms with Gasteiger partial charge in [-0.1, -0.05) is 6.07 Å². The standard InChI is InChI=1S/C10H14F2N2/c1-13-5-6-14-7-8-9(11)3-2-4-10(8)12/h2-4,13-14H,5-7H2,1H3. The van der Waals surface area contributed by atoms with Gasteiger partial charge in [-0.05, 0) is 19.2 Å². The summed E-state index contributed by atoms with van der Waals surface area (Å²) in [5.74, 6) is -0.996. The predicted octanol–water partition coefficient (Wildman–Crippen LogP) is 1.27. The van der Waals surface area contributed by atoms with Crippen molar-refractivity contribution in [1.29, 1.82) is 0 Å². The van der Waals surface area contributed by atoms with Crippen molar-refractivity contribution >= 4 is 0 Å². The largest absolute Gasteiger partial charge is 0.318 e. The lowest BCUT2D eigenvalue weighted by atomic mass is 10.2. The molecule has 2 N–H and O–H groups in total. The van der Waals surface area contributed by atoms with Gasteiger partial charge in [0.15, 0.2) is 0 Å². The maximum absolute atomic E-state index is 13.1. The molecular weight excluding hydrogens is 186 g/mol. The van der Waals surface area contributed by atoms with Gasteiger partial charge in [0.2, 0.25) is 0 Å². The van der Waals surface area contributed by atoms with Crippen molar-refractivity contribution in [2.45, 2.75) is 6.54 Å². The Morgan fingerprint density at radius 2 is 1.79 bits per heavy atom. The van der Waals surface area contributed by atoms with Gasteiger partial charge < -0.3 is 10.6 Å². The summed E-state index contributed by atoms with van der Waals surface area (Å²) in [6, 6.07) is 3.89. The summed E-state index contributed by atoms with van der Waals surface area (Å²) >= 11 is 0. The Labute approximate surface area is 82.3 Å². The minimum Gasteiger partial charge on any atom is -0.318 e. The third-order valence-electron chi connectivity index (χ3n) is 1.92. The minimum atomic E-state index is -0.498. The van der Waals surface area contributed by atoms with Crippen LogP contribution >= 0.6 is 0 Å². The molecule has 2 nitrogen and oxygen atoms in total. The fraction of sp³-hybridized carbons (Fsp3) is 0.400. The summed E-state index contributed by atoms with van der Waals surface area (Å²) < 4.78 is 26.1. The van der Waals surface area contributed by atoms with E-state index in [4.69, 9.17) is 0 Å². The van der Waals surface area contributed by atoms with Gasteiger partial charge in [-0.15, -0.1) is 0 Å². The molecule has 14 heavy (non-hydrogen) atoms. The lowest BCUT2D eigenvalue weighted by molar-refractivity contribution is 0.534. The molecule has 0 saturated heterocycles. The number of nitrogens with one attached hydrogen (secondary N) is 2. The molecule has 1 rings (SSSR count). The Morgan fingerprint density at radius 3 is 2.36 bits per heavy atom. The van der Waals surface area contributed by atoms with Crippen molar-refractivity contribution in [3.05, 3.63) is 35.4 Å². The van der Waals surface area contributed by atoms with Crippen LogP contribution in [-0.4, -0.2) is 20.1 Å². The van der Waals surface area contributed by atoms with Crippen LogP contribution in [0.2, 0.25) is 0 Å². The second kappa shape index (κ2) is 5.67. The van der Waals surface area contributed by atoms with Crippen LogP contribution in [0.3, 0.4) is 0 Å². The minimum absolute atomic E-state index is 0.101. The highest BCUT2D eigenvalue weighted by atomic mass is 19.1. The van der Waals surface area contributed by atoms with E-state index in [0.29, 0.717) is 6.54 Å². The molecule has 0 aliphatic rings. The van der Waals surface area contributed by atoms with Crippen LogP contribution in [-0.2, 0) is 6.54 Å². The number of likely N-dealkylation sites (N-methyl/N-ethyl adjacent to an activating group) is 1. The van der Waals surface area contributed by atoms with E-state index < -0.39 is 11.6 Å². The Morgan fingerprint density at radius 1 is 1.14 bits per heavy atom. The van der Waals surface area contributed by atoms with Crippen LogP contribution in [0.4, 0.5) is 8.78 Å². The fourth-order valence-corrected chi connectivity index (χ4v) is 1.13. The number of halogens is 2. The predicted molar refractivity (Wildman–Crippen MR) is 52.0 cm³/mol. The second-order valence-corrected chi connectivity index (χ2v) is 2.98. The maximum atomic E-state index is 13.1. The zero-order valence-electron chi connectivity index (χ0n) is 8.11. The summed E-state index contributed by atoms with van der Waals surface area (Å²) in [5, 5.41) is 5.87. The zero-order valence-corrected chi connectivity index (χ0v) is 8.11. The molecule has 0 saturated carbocycles. The van der Waals surface area contributed by atoms with Crippen molar-refractivity contribution in [2.24, 2.45) is 0 Å². The molecule has 0 bridgehead atoms. The van der Waals surface area contributed by atoms with Crippen molar-refractivity contribution in [2.75, 3.05) is 20.1 Å². The Kier molecular flexibility index (Phi) is 4.49. The molecule has 4 heteroatoms. The van der Waals surface area contributed by atoms with Crippen molar-refractivity contribution in [3.8, 4) is 0 Å². The molecule has 0 aromatic heterocycles. The Hall–Kier alpha value is -1.00. The van der Waals surface area contributed by atoms with Crippen molar-refractivity contribution in [1.82, 2.24) is 10.6 Å². The van der Waals surface area contributed by atoms with E-state index in [9.17, 15) is 8.78 Å². The Balaban J connectivity index is 2.49. The summed E-state index contributed by atoms with van der Waals surface area (Å²) in [4.78, 5) is 0. The molecular formula is C10H14F2N2. The number of rotatable bonds is 5. The lowest BCUT2D eigenvalue weighted by Gasteiger charge is -2.06. The van der Waals surface area contributed by atoms with E-state index in [0.717, 1.165) is 6.54 Å². The van der Waals surface area contributed by atoms with Crippen molar-refractivity contribution in [3.63, 3.8) is 0 Å². The fourth-order valence-electron chi connectivity index (χ4n) is 1.13. The SMILES string of the molecule is CNCCNCc1c(F)cccc1F. The summed E-state index contributed by atoms with van der Waals surface area (Å²) in [6.07, 6.45) is 0. The smallest absolute Gasteiger partial charge is 0.130 e. The first-order chi connectivity index (χ1) is 6.75. The number of benzene rings is 1. The highest BCUT2D eigenvalue weighted by Crippen LogP contribution is 2.10. The Bertz CT molecular complexity index is 269. The third-order valence-corrected chi connectivity index (χ3v) is 1.92. The first-order valence-corrected chi connectivity index (χ1v) is 4.54. The van der Waals surface area contributed by atoms with Gasteiger partial charge in [0, 0.05) is 25.2 Å². The van der Waals surface area contributed by atoms with Crippen LogP contribution in [0, 0.1) is 11.6 Å². The monoisotopic (exact) mass is 200 g/mol. The summed E-state index contributed by atoms with van der Waals surface area (Å²) in [7, 11) is 1.82. The normalized spacial score (nSPS) is 10.5. The molecule has 0 unspecified atom stereocenters. The first-order valence-electron chi connectivity index (χ1n) is 4.54. The van der Waals surface area contributed by atoms with Gasteiger partial charge in [0.25, 0.3) is 0 Å². The van der Waals surface area contributed by atoms with Gasteiger partial charge in [0.05, 0.1) is 0 Å². The van der Waals surface area contributed by atoms with Gasteiger partial charge in [0.1, 0.15) is 11.6 Å². The van der Waals surface area contributed by atoms with Crippen LogP contribution in [0.1, 0.15) is 5.56 Å². The topological polar surface area (TPSA) is 24.1 Å². The highest BCUT2D eigenvalue weighted by Gasteiger charge is 2.06. The molecule has 78 valence electrons. The van der Waals surface area contributed by atoms with Gasteiger partial charge in [-0.25, -0.2) is 8.78 Å². The van der Waals surface area contributed by atoms with Gasteiger partial charge in [-0.2, -0.15) is 0 Å². The second-order valence-electron chi connectivity index (χ2n) is 2.98. The lowest BCUT2D eigenvalue weighted by Crippen LogP contribution is -2.25. The maximum Gasteiger partial charge on any atom is 0.130 e. The van der Waals surface area contributed by atoms with Crippen LogP contribution in [0.25, 0.3) is 0 Å². The summed E-state index contributed by atoms with van der Waals surface area (Å²) in [5.41, 5.74) is 0.101. The molecule has 0 amide bonds. The average molecular weight is 200 g/mol. The molecule has 0 radical (unpaired) electrons. The summed E-state index contributed by atoms with van der Waals surface area (Å²) in [6.45, 7) is 1.68. The molecule has 1 aromatic rings. The van der Waals surface area contributed by atoms with Crippen LogP contribution in [0.15, 0.2) is 18.2 Å².